The molecule has 124 valence electrons. The molecule has 1 saturated carbocycles. The second-order valence-corrected chi connectivity index (χ2v) is 6.10. The first-order valence-electron chi connectivity index (χ1n) is 7.91. The van der Waals surface area contributed by atoms with Crippen LogP contribution in [0, 0.1) is 5.92 Å². The fraction of sp³-hybridized carbons (Fsp3) is 0.471. The Morgan fingerprint density at radius 1 is 1.22 bits per heavy atom. The van der Waals surface area contributed by atoms with E-state index in [0.717, 1.165) is 30.6 Å². The zero-order valence-corrected chi connectivity index (χ0v) is 13.5. The van der Waals surface area contributed by atoms with Gasteiger partial charge in [0.05, 0.1) is 5.69 Å². The fourth-order valence-corrected chi connectivity index (χ4v) is 2.97. The van der Waals surface area contributed by atoms with E-state index in [-0.39, 0.29) is 6.04 Å². The minimum atomic E-state index is -0.874. The van der Waals surface area contributed by atoms with E-state index >= 15 is 0 Å². The first kappa shape index (κ1) is 17.0. The van der Waals surface area contributed by atoms with Gasteiger partial charge in [-0.05, 0) is 37.0 Å². The van der Waals surface area contributed by atoms with Crippen molar-refractivity contribution in [3.8, 4) is 0 Å². The van der Waals surface area contributed by atoms with Crippen LogP contribution in [0.1, 0.15) is 39.5 Å². The van der Waals surface area contributed by atoms with Gasteiger partial charge >= 0.3 is 11.8 Å². The molecule has 2 unspecified atom stereocenters. The molecule has 6 nitrogen and oxygen atoms in total. The molecule has 3 N–H and O–H groups in total. The molecule has 3 amide bonds. The standard InChI is InChI=1S/C17H23N3O3/c1-11-6-3-4-9-15(11)19-16(22)17(23)20(12(2)21)14-8-5-7-13(18)10-14/h5,7-8,10-11,15H,3-4,6,9,18H2,1-2H3,(H,19,22). The summed E-state index contributed by atoms with van der Waals surface area (Å²) in [5, 5.41) is 2.77. The number of nitrogens with two attached hydrogens (primary N) is 1. The highest BCUT2D eigenvalue weighted by Crippen LogP contribution is 2.24. The summed E-state index contributed by atoms with van der Waals surface area (Å²) in [4.78, 5) is 37.4. The molecule has 0 aromatic heterocycles. The molecule has 1 aliphatic rings. The predicted molar refractivity (Wildman–Crippen MR) is 88.6 cm³/mol. The van der Waals surface area contributed by atoms with Crippen molar-refractivity contribution in [1.29, 1.82) is 0 Å². The van der Waals surface area contributed by atoms with E-state index in [9.17, 15) is 14.4 Å². The molecule has 0 bridgehead atoms. The van der Waals surface area contributed by atoms with Crippen LogP contribution in [-0.2, 0) is 14.4 Å². The molecule has 2 rings (SSSR count). The van der Waals surface area contributed by atoms with Gasteiger partial charge in [0.25, 0.3) is 0 Å². The summed E-state index contributed by atoms with van der Waals surface area (Å²) >= 11 is 0. The molecular formula is C17H23N3O3. The molecule has 0 spiro atoms. The predicted octanol–water partition coefficient (Wildman–Crippen LogP) is 1.84. The lowest BCUT2D eigenvalue weighted by atomic mass is 9.86. The Balaban J connectivity index is 2.14. The second-order valence-electron chi connectivity index (χ2n) is 6.10. The number of hydrogen-bond donors (Lipinski definition) is 2. The number of nitrogens with one attached hydrogen (secondary N) is 1. The van der Waals surface area contributed by atoms with Crippen LogP contribution in [0.3, 0.4) is 0 Å². The molecule has 1 aromatic rings. The van der Waals surface area contributed by atoms with Crippen LogP contribution in [-0.4, -0.2) is 23.8 Å². The highest BCUT2D eigenvalue weighted by molar-refractivity contribution is 6.45. The summed E-state index contributed by atoms with van der Waals surface area (Å²) in [6.45, 7) is 3.31. The van der Waals surface area contributed by atoms with Gasteiger partial charge in [0, 0.05) is 18.7 Å². The smallest absolute Gasteiger partial charge is 0.323 e. The number of benzene rings is 1. The molecule has 0 aliphatic heterocycles. The number of imide groups is 1. The monoisotopic (exact) mass is 317 g/mol. The van der Waals surface area contributed by atoms with Gasteiger partial charge in [0.15, 0.2) is 0 Å². The van der Waals surface area contributed by atoms with E-state index in [0.29, 0.717) is 17.3 Å². The van der Waals surface area contributed by atoms with Crippen molar-refractivity contribution in [3.63, 3.8) is 0 Å². The molecule has 1 fully saturated rings. The largest absolute Gasteiger partial charge is 0.399 e. The lowest BCUT2D eigenvalue weighted by molar-refractivity contribution is -0.140. The van der Waals surface area contributed by atoms with Gasteiger partial charge in [0.1, 0.15) is 0 Å². The third-order valence-electron chi connectivity index (χ3n) is 4.27. The van der Waals surface area contributed by atoms with E-state index < -0.39 is 17.7 Å². The number of nitrogens with zero attached hydrogens (tertiary/aromatic N) is 1. The Morgan fingerprint density at radius 2 is 1.91 bits per heavy atom. The van der Waals surface area contributed by atoms with Crippen LogP contribution in [0.25, 0.3) is 0 Å². The van der Waals surface area contributed by atoms with Crippen LogP contribution >= 0.6 is 0 Å². The van der Waals surface area contributed by atoms with E-state index in [1.54, 1.807) is 18.2 Å². The number of anilines is 2. The van der Waals surface area contributed by atoms with Gasteiger partial charge in [-0.2, -0.15) is 0 Å². The summed E-state index contributed by atoms with van der Waals surface area (Å²) < 4.78 is 0. The van der Waals surface area contributed by atoms with Gasteiger partial charge < -0.3 is 11.1 Å². The molecule has 6 heteroatoms. The van der Waals surface area contributed by atoms with Crippen molar-refractivity contribution in [2.75, 3.05) is 10.6 Å². The third kappa shape index (κ3) is 4.09. The molecular weight excluding hydrogens is 294 g/mol. The number of carbonyl (C=O) groups is 3. The van der Waals surface area contributed by atoms with Crippen molar-refractivity contribution < 1.29 is 14.4 Å². The molecule has 1 aromatic carbocycles. The van der Waals surface area contributed by atoms with E-state index in [2.05, 4.69) is 12.2 Å². The van der Waals surface area contributed by atoms with Crippen LogP contribution < -0.4 is 16.0 Å². The van der Waals surface area contributed by atoms with Crippen molar-refractivity contribution in [2.45, 2.75) is 45.6 Å². The molecule has 1 aliphatic carbocycles. The topological polar surface area (TPSA) is 92.5 Å². The Morgan fingerprint density at radius 3 is 2.52 bits per heavy atom. The molecule has 0 heterocycles. The number of amides is 3. The van der Waals surface area contributed by atoms with Crippen molar-refractivity contribution in [2.24, 2.45) is 5.92 Å². The summed E-state index contributed by atoms with van der Waals surface area (Å²) in [6, 6.07) is 6.34. The number of nitrogen functional groups attached to an aromatic ring is 1. The SMILES string of the molecule is CC(=O)N(C(=O)C(=O)NC1CCCCC1C)c1cccc(N)c1. The van der Waals surface area contributed by atoms with Crippen LogP contribution in [0.4, 0.5) is 11.4 Å². The number of rotatable bonds is 2. The summed E-state index contributed by atoms with van der Waals surface area (Å²) in [5.41, 5.74) is 6.41. The van der Waals surface area contributed by atoms with Gasteiger partial charge in [-0.15, -0.1) is 0 Å². The molecule has 0 radical (unpaired) electrons. The van der Waals surface area contributed by atoms with E-state index in [4.69, 9.17) is 5.73 Å². The quantitative estimate of drug-likeness (QED) is 0.643. The average Bonchev–Trinajstić information content (AvgIpc) is 2.49. The summed E-state index contributed by atoms with van der Waals surface area (Å²) in [6.07, 6.45) is 4.07. The van der Waals surface area contributed by atoms with Crippen molar-refractivity contribution in [3.05, 3.63) is 24.3 Å². The van der Waals surface area contributed by atoms with Crippen LogP contribution in [0.5, 0.6) is 0 Å². The zero-order valence-electron chi connectivity index (χ0n) is 13.5. The molecule has 23 heavy (non-hydrogen) atoms. The lowest BCUT2D eigenvalue weighted by Gasteiger charge is -2.30. The Bertz CT molecular complexity index is 615. The highest BCUT2D eigenvalue weighted by Gasteiger charge is 2.30. The van der Waals surface area contributed by atoms with Gasteiger partial charge in [0.2, 0.25) is 5.91 Å². The van der Waals surface area contributed by atoms with E-state index in [1.807, 2.05) is 0 Å². The van der Waals surface area contributed by atoms with E-state index in [1.165, 1.54) is 13.0 Å². The maximum atomic E-state index is 12.4. The van der Waals surface area contributed by atoms with Crippen molar-refractivity contribution in [1.82, 2.24) is 5.32 Å². The number of hydrogen-bond acceptors (Lipinski definition) is 4. The Kier molecular flexibility index (Phi) is 5.36. The maximum absolute atomic E-state index is 12.4. The summed E-state index contributed by atoms with van der Waals surface area (Å²) in [7, 11) is 0. The normalized spacial score (nSPS) is 20.6. The molecule has 2 atom stereocenters. The minimum absolute atomic E-state index is 0.0187. The first-order valence-corrected chi connectivity index (χ1v) is 7.91. The minimum Gasteiger partial charge on any atom is -0.399 e. The van der Waals surface area contributed by atoms with Gasteiger partial charge in [-0.25, -0.2) is 4.90 Å². The lowest BCUT2D eigenvalue weighted by Crippen LogP contribution is -2.50. The average molecular weight is 317 g/mol. The first-order chi connectivity index (χ1) is 10.9. The van der Waals surface area contributed by atoms with Crippen molar-refractivity contribution >= 4 is 29.1 Å². The molecule has 0 saturated heterocycles. The maximum Gasteiger partial charge on any atom is 0.323 e. The third-order valence-corrected chi connectivity index (χ3v) is 4.27. The van der Waals surface area contributed by atoms with Gasteiger partial charge in [-0.1, -0.05) is 25.8 Å². The van der Waals surface area contributed by atoms with Gasteiger partial charge in [-0.3, -0.25) is 14.4 Å². The van der Waals surface area contributed by atoms with Crippen LogP contribution in [0.15, 0.2) is 24.3 Å². The highest BCUT2D eigenvalue weighted by atomic mass is 16.2. The Labute approximate surface area is 136 Å². The zero-order chi connectivity index (χ0) is 17.0. The summed E-state index contributed by atoms with van der Waals surface area (Å²) in [5.74, 6) is -1.81. The Hall–Kier alpha value is -2.37. The second kappa shape index (κ2) is 7.26. The number of carbonyl (C=O) groups excluding carboxylic acids is 3. The van der Waals surface area contributed by atoms with Crippen LogP contribution in [0.2, 0.25) is 0 Å². The fourth-order valence-electron chi connectivity index (χ4n) is 2.97.